The van der Waals surface area contributed by atoms with Crippen molar-refractivity contribution in [3.63, 3.8) is 0 Å². The second-order valence-electron chi connectivity index (χ2n) is 3.16. The number of nitrogens with zero attached hydrogens (tertiary/aromatic N) is 1. The Bertz CT molecular complexity index is 186. The lowest BCUT2D eigenvalue weighted by molar-refractivity contribution is -0.144. The molecule has 76 valence electrons. The number of carboxylic acid groups (broad SMARTS) is 1. The summed E-state index contributed by atoms with van der Waals surface area (Å²) in [6.45, 7) is 3.29. The Morgan fingerprint density at radius 3 is 3.00 bits per heavy atom. The number of carboxylic acids is 1. The normalized spacial score (nSPS) is 30.3. The predicted molar refractivity (Wildman–Crippen MR) is 47.2 cm³/mol. The van der Waals surface area contributed by atoms with Gasteiger partial charge in [0, 0.05) is 6.54 Å². The van der Waals surface area contributed by atoms with Crippen molar-refractivity contribution in [3.05, 3.63) is 0 Å². The molecule has 0 aromatic heterocycles. The van der Waals surface area contributed by atoms with Crippen LogP contribution in [0.1, 0.15) is 13.3 Å². The van der Waals surface area contributed by atoms with Crippen molar-refractivity contribution in [1.29, 1.82) is 0 Å². The van der Waals surface area contributed by atoms with E-state index in [4.69, 9.17) is 9.84 Å². The van der Waals surface area contributed by atoms with Crippen LogP contribution in [0.5, 0.6) is 0 Å². The molecular formula is C8H16N2O3. The highest BCUT2D eigenvalue weighted by molar-refractivity contribution is 5.67. The summed E-state index contributed by atoms with van der Waals surface area (Å²) in [7, 11) is 1.80. The van der Waals surface area contributed by atoms with Gasteiger partial charge in [-0.3, -0.25) is 10.2 Å². The topological polar surface area (TPSA) is 61.8 Å². The first-order valence-corrected chi connectivity index (χ1v) is 4.42. The number of nitrogens with one attached hydrogen (secondary N) is 1. The molecule has 1 aliphatic rings. The number of rotatable bonds is 3. The van der Waals surface area contributed by atoms with E-state index >= 15 is 0 Å². The largest absolute Gasteiger partial charge is 0.481 e. The zero-order valence-electron chi connectivity index (χ0n) is 7.99. The molecule has 1 saturated heterocycles. The number of carbonyl (C=O) groups is 1. The summed E-state index contributed by atoms with van der Waals surface area (Å²) in [5.74, 6) is -0.789. The van der Waals surface area contributed by atoms with Crippen molar-refractivity contribution in [2.45, 2.75) is 25.5 Å². The quantitative estimate of drug-likeness (QED) is 0.636. The molecule has 1 aliphatic heterocycles. The van der Waals surface area contributed by atoms with E-state index in [-0.39, 0.29) is 18.6 Å². The first kappa shape index (κ1) is 10.4. The molecule has 0 aromatic carbocycles. The average molecular weight is 188 g/mol. The van der Waals surface area contributed by atoms with Gasteiger partial charge in [-0.1, -0.05) is 0 Å². The molecule has 13 heavy (non-hydrogen) atoms. The second-order valence-corrected chi connectivity index (χ2v) is 3.16. The maximum absolute atomic E-state index is 10.6. The summed E-state index contributed by atoms with van der Waals surface area (Å²) >= 11 is 0. The van der Waals surface area contributed by atoms with Gasteiger partial charge in [-0.25, -0.2) is 5.01 Å². The smallest absolute Gasteiger partial charge is 0.305 e. The fourth-order valence-corrected chi connectivity index (χ4v) is 1.60. The molecule has 5 heteroatoms. The molecule has 1 fully saturated rings. The van der Waals surface area contributed by atoms with E-state index in [9.17, 15) is 4.79 Å². The molecule has 1 heterocycles. The molecule has 2 N–H and O–H groups in total. The Morgan fingerprint density at radius 1 is 1.77 bits per heavy atom. The Morgan fingerprint density at radius 2 is 2.46 bits per heavy atom. The monoisotopic (exact) mass is 188 g/mol. The van der Waals surface area contributed by atoms with Crippen LogP contribution >= 0.6 is 0 Å². The first-order valence-electron chi connectivity index (χ1n) is 4.42. The second kappa shape index (κ2) is 4.55. The number of hydrogen-bond acceptors (Lipinski definition) is 4. The lowest BCUT2D eigenvalue weighted by atomic mass is 10.1. The maximum atomic E-state index is 10.6. The maximum Gasteiger partial charge on any atom is 0.305 e. The van der Waals surface area contributed by atoms with Crippen LogP contribution in [0.2, 0.25) is 0 Å². The summed E-state index contributed by atoms with van der Waals surface area (Å²) in [4.78, 5) is 10.6. The lowest BCUT2D eigenvalue weighted by Gasteiger charge is -2.38. The molecule has 0 bridgehead atoms. The van der Waals surface area contributed by atoms with Crippen LogP contribution in [0.15, 0.2) is 0 Å². The van der Waals surface area contributed by atoms with Gasteiger partial charge < -0.3 is 9.84 Å². The Labute approximate surface area is 77.6 Å². The highest BCUT2D eigenvalue weighted by Gasteiger charge is 2.30. The van der Waals surface area contributed by atoms with Crippen LogP contribution in [0, 0.1) is 0 Å². The third kappa shape index (κ3) is 2.65. The van der Waals surface area contributed by atoms with Gasteiger partial charge in [-0.05, 0) is 14.0 Å². The van der Waals surface area contributed by atoms with Crippen molar-refractivity contribution in [2.24, 2.45) is 0 Å². The van der Waals surface area contributed by atoms with E-state index in [0.29, 0.717) is 6.61 Å². The fourth-order valence-electron chi connectivity index (χ4n) is 1.60. The van der Waals surface area contributed by atoms with Crippen LogP contribution in [0.3, 0.4) is 0 Å². The Kier molecular flexibility index (Phi) is 3.65. The average Bonchev–Trinajstić information content (AvgIpc) is 2.08. The highest BCUT2D eigenvalue weighted by atomic mass is 16.5. The van der Waals surface area contributed by atoms with Gasteiger partial charge in [0.25, 0.3) is 0 Å². The Balaban J connectivity index is 2.56. The molecule has 0 aromatic rings. The van der Waals surface area contributed by atoms with E-state index in [0.717, 1.165) is 6.54 Å². The minimum atomic E-state index is -0.789. The molecule has 2 unspecified atom stereocenters. The summed E-state index contributed by atoms with van der Waals surface area (Å²) in [6, 6.07) is -0.0729. The van der Waals surface area contributed by atoms with E-state index in [1.54, 1.807) is 7.05 Å². The van der Waals surface area contributed by atoms with E-state index in [1.807, 2.05) is 11.9 Å². The SMILES string of the molecule is CNN1CCOC(C)C1CC(=O)O. The third-order valence-electron chi connectivity index (χ3n) is 2.33. The summed E-state index contributed by atoms with van der Waals surface area (Å²) in [6.07, 6.45) is 0.0828. The summed E-state index contributed by atoms with van der Waals surface area (Å²) < 4.78 is 5.38. The molecule has 5 nitrogen and oxygen atoms in total. The summed E-state index contributed by atoms with van der Waals surface area (Å²) in [5.41, 5.74) is 2.98. The van der Waals surface area contributed by atoms with Gasteiger partial charge in [0.15, 0.2) is 0 Å². The van der Waals surface area contributed by atoms with Gasteiger partial charge in [-0.2, -0.15) is 0 Å². The van der Waals surface area contributed by atoms with Gasteiger partial charge in [0.1, 0.15) is 0 Å². The predicted octanol–water partition coefficient (Wildman–Crippen LogP) is -0.315. The highest BCUT2D eigenvalue weighted by Crippen LogP contribution is 2.14. The van der Waals surface area contributed by atoms with Crippen LogP contribution in [0.25, 0.3) is 0 Å². The van der Waals surface area contributed by atoms with Gasteiger partial charge in [-0.15, -0.1) is 0 Å². The van der Waals surface area contributed by atoms with E-state index in [2.05, 4.69) is 5.43 Å². The molecule has 0 spiro atoms. The number of hydrogen-bond donors (Lipinski definition) is 2. The van der Waals surface area contributed by atoms with Gasteiger partial charge in [0.2, 0.25) is 0 Å². The first-order chi connectivity index (χ1) is 6.15. The van der Waals surface area contributed by atoms with E-state index in [1.165, 1.54) is 0 Å². The van der Waals surface area contributed by atoms with Crippen molar-refractivity contribution < 1.29 is 14.6 Å². The molecule has 2 atom stereocenters. The standard InChI is InChI=1S/C8H16N2O3/c1-6-7(5-8(11)12)10(9-2)3-4-13-6/h6-7,9H,3-5H2,1-2H3,(H,11,12). The van der Waals surface area contributed by atoms with Crippen molar-refractivity contribution in [1.82, 2.24) is 10.4 Å². The zero-order valence-corrected chi connectivity index (χ0v) is 7.99. The van der Waals surface area contributed by atoms with Gasteiger partial charge in [0.05, 0.1) is 25.2 Å². The molecule has 0 aliphatic carbocycles. The molecule has 0 amide bonds. The van der Waals surface area contributed by atoms with Crippen LogP contribution in [-0.4, -0.2) is 48.4 Å². The minimum absolute atomic E-state index is 0.0303. The molecule has 0 radical (unpaired) electrons. The minimum Gasteiger partial charge on any atom is -0.481 e. The third-order valence-corrected chi connectivity index (χ3v) is 2.33. The van der Waals surface area contributed by atoms with Crippen LogP contribution < -0.4 is 5.43 Å². The van der Waals surface area contributed by atoms with Crippen molar-refractivity contribution in [3.8, 4) is 0 Å². The number of aliphatic carboxylic acids is 1. The van der Waals surface area contributed by atoms with E-state index < -0.39 is 5.97 Å². The summed E-state index contributed by atoms with van der Waals surface area (Å²) in [5, 5.41) is 10.6. The number of ether oxygens (including phenoxy) is 1. The fraction of sp³-hybridized carbons (Fsp3) is 0.875. The number of morpholine rings is 1. The van der Waals surface area contributed by atoms with Crippen LogP contribution in [0.4, 0.5) is 0 Å². The zero-order chi connectivity index (χ0) is 9.84. The Hall–Kier alpha value is -0.650. The molecule has 1 rings (SSSR count). The number of hydrazine groups is 1. The lowest BCUT2D eigenvalue weighted by Crippen LogP contribution is -2.55. The molecular weight excluding hydrogens is 172 g/mol. The van der Waals surface area contributed by atoms with Crippen molar-refractivity contribution in [2.75, 3.05) is 20.2 Å². The molecule has 0 saturated carbocycles. The van der Waals surface area contributed by atoms with Crippen molar-refractivity contribution >= 4 is 5.97 Å². The van der Waals surface area contributed by atoms with Gasteiger partial charge >= 0.3 is 5.97 Å². The van der Waals surface area contributed by atoms with Crippen LogP contribution in [-0.2, 0) is 9.53 Å².